The Morgan fingerprint density at radius 2 is 1.96 bits per heavy atom. The van der Waals surface area contributed by atoms with E-state index in [1.807, 2.05) is 11.8 Å². The van der Waals surface area contributed by atoms with Crippen molar-refractivity contribution >= 4 is 35.2 Å². The van der Waals surface area contributed by atoms with Gasteiger partial charge >= 0.3 is 0 Å². The van der Waals surface area contributed by atoms with Gasteiger partial charge < -0.3 is 15.0 Å². The van der Waals surface area contributed by atoms with E-state index in [2.05, 4.69) is 15.6 Å². The molecule has 0 bridgehead atoms. The van der Waals surface area contributed by atoms with Gasteiger partial charge in [-0.25, -0.2) is 4.68 Å². The third-order valence-electron chi connectivity index (χ3n) is 3.90. The van der Waals surface area contributed by atoms with Crippen molar-refractivity contribution in [1.29, 1.82) is 0 Å². The summed E-state index contributed by atoms with van der Waals surface area (Å²) in [7, 11) is 0. The van der Waals surface area contributed by atoms with Gasteiger partial charge in [0.2, 0.25) is 0 Å². The molecule has 2 heterocycles. The summed E-state index contributed by atoms with van der Waals surface area (Å²) < 4.78 is 6.92. The van der Waals surface area contributed by atoms with Crippen molar-refractivity contribution in [2.75, 3.05) is 37.7 Å². The zero-order chi connectivity index (χ0) is 19.1. The Hall–Kier alpha value is -2.26. The van der Waals surface area contributed by atoms with Gasteiger partial charge in [0.1, 0.15) is 5.75 Å². The average Bonchev–Trinajstić information content (AvgIpc) is 3.16. The van der Waals surface area contributed by atoms with Crippen molar-refractivity contribution in [2.24, 2.45) is 0 Å². The fourth-order valence-electron chi connectivity index (χ4n) is 2.47. The van der Waals surface area contributed by atoms with Crippen molar-refractivity contribution in [1.82, 2.24) is 25.2 Å². The molecule has 1 N–H and O–H groups in total. The van der Waals surface area contributed by atoms with Gasteiger partial charge in [-0.15, -0.1) is 5.10 Å². The molecule has 2 aromatic rings. The summed E-state index contributed by atoms with van der Waals surface area (Å²) in [6.45, 7) is 2.17. The highest BCUT2D eigenvalue weighted by Gasteiger charge is 2.21. The van der Waals surface area contributed by atoms with Gasteiger partial charge in [-0.2, -0.15) is 11.8 Å². The van der Waals surface area contributed by atoms with Crippen LogP contribution in [-0.4, -0.2) is 69.5 Å². The van der Waals surface area contributed by atoms with Gasteiger partial charge in [-0.3, -0.25) is 9.59 Å². The maximum atomic E-state index is 12.3. The SMILES string of the molecule is O=C(COc1ccc(Cl)cc1)NCCn1cc(C(=O)N2CCSCC2)nn1. The molecule has 1 aromatic heterocycles. The monoisotopic (exact) mass is 409 g/mol. The highest BCUT2D eigenvalue weighted by Crippen LogP contribution is 2.15. The topological polar surface area (TPSA) is 89.4 Å². The molecule has 1 aromatic carbocycles. The summed E-state index contributed by atoms with van der Waals surface area (Å²) in [5, 5.41) is 11.2. The lowest BCUT2D eigenvalue weighted by Gasteiger charge is -2.25. The molecule has 27 heavy (non-hydrogen) atoms. The lowest BCUT2D eigenvalue weighted by Crippen LogP contribution is -2.38. The minimum absolute atomic E-state index is 0.0876. The Labute approximate surface area is 166 Å². The Bertz CT molecular complexity index is 777. The van der Waals surface area contributed by atoms with Gasteiger partial charge in [0.15, 0.2) is 12.3 Å². The number of aromatic nitrogens is 3. The van der Waals surface area contributed by atoms with Crippen LogP contribution in [0.5, 0.6) is 5.75 Å². The van der Waals surface area contributed by atoms with Crippen LogP contribution in [0.25, 0.3) is 0 Å². The van der Waals surface area contributed by atoms with E-state index in [0.717, 1.165) is 24.6 Å². The first-order chi connectivity index (χ1) is 13.1. The fraction of sp³-hybridized carbons (Fsp3) is 0.412. The summed E-state index contributed by atoms with van der Waals surface area (Å²) >= 11 is 7.64. The number of ether oxygens (including phenoxy) is 1. The first-order valence-corrected chi connectivity index (χ1v) is 10.1. The van der Waals surface area contributed by atoms with Crippen LogP contribution < -0.4 is 10.1 Å². The smallest absolute Gasteiger partial charge is 0.276 e. The van der Waals surface area contributed by atoms with E-state index < -0.39 is 0 Å². The van der Waals surface area contributed by atoms with Crippen molar-refractivity contribution in [3.63, 3.8) is 0 Å². The predicted octanol–water partition coefficient (Wildman–Crippen LogP) is 1.32. The number of amides is 2. The molecule has 1 aliphatic heterocycles. The van der Waals surface area contributed by atoms with Crippen molar-refractivity contribution in [3.05, 3.63) is 41.2 Å². The summed E-state index contributed by atoms with van der Waals surface area (Å²) in [5.41, 5.74) is 0.333. The molecule has 0 aliphatic carbocycles. The van der Waals surface area contributed by atoms with Gasteiger partial charge in [-0.1, -0.05) is 16.8 Å². The molecule has 3 rings (SSSR count). The highest BCUT2D eigenvalue weighted by molar-refractivity contribution is 7.99. The molecule has 0 saturated carbocycles. The summed E-state index contributed by atoms with van der Waals surface area (Å²) in [5.74, 6) is 2.13. The highest BCUT2D eigenvalue weighted by atomic mass is 35.5. The van der Waals surface area contributed by atoms with Gasteiger partial charge in [0, 0.05) is 36.2 Å². The van der Waals surface area contributed by atoms with Crippen molar-refractivity contribution in [2.45, 2.75) is 6.54 Å². The van der Waals surface area contributed by atoms with E-state index in [0.29, 0.717) is 29.6 Å². The number of hydrogen-bond acceptors (Lipinski definition) is 6. The zero-order valence-corrected chi connectivity index (χ0v) is 16.2. The molecular weight excluding hydrogens is 390 g/mol. The standard InChI is InChI=1S/C17H20ClN5O3S/c18-13-1-3-14(4-2-13)26-12-16(24)19-5-6-23-11-15(20-21-23)17(25)22-7-9-27-10-8-22/h1-4,11H,5-10,12H2,(H,19,24). The predicted molar refractivity (Wildman–Crippen MR) is 103 cm³/mol. The maximum absolute atomic E-state index is 12.3. The van der Waals surface area contributed by atoms with Crippen LogP contribution in [0.2, 0.25) is 5.02 Å². The molecule has 2 amide bonds. The first-order valence-electron chi connectivity index (χ1n) is 8.54. The third kappa shape index (κ3) is 5.86. The maximum Gasteiger partial charge on any atom is 0.276 e. The molecule has 144 valence electrons. The number of hydrogen-bond donors (Lipinski definition) is 1. The third-order valence-corrected chi connectivity index (χ3v) is 5.10. The van der Waals surface area contributed by atoms with Crippen LogP contribution in [0.3, 0.4) is 0 Å². The van der Waals surface area contributed by atoms with E-state index in [9.17, 15) is 9.59 Å². The number of nitrogens with one attached hydrogen (secondary N) is 1. The molecule has 0 unspecified atom stereocenters. The quantitative estimate of drug-likeness (QED) is 0.741. The second kappa shape index (κ2) is 9.61. The second-order valence-corrected chi connectivity index (χ2v) is 7.53. The normalized spacial score (nSPS) is 14.0. The zero-order valence-electron chi connectivity index (χ0n) is 14.6. The van der Waals surface area contributed by atoms with Gasteiger partial charge in [0.25, 0.3) is 11.8 Å². The number of halogens is 1. The minimum Gasteiger partial charge on any atom is -0.484 e. The van der Waals surface area contributed by atoms with Crippen LogP contribution in [0.15, 0.2) is 30.5 Å². The number of benzene rings is 1. The number of nitrogens with zero attached hydrogens (tertiary/aromatic N) is 4. The number of rotatable bonds is 7. The minimum atomic E-state index is -0.243. The average molecular weight is 410 g/mol. The molecule has 1 saturated heterocycles. The van der Waals surface area contributed by atoms with E-state index >= 15 is 0 Å². The van der Waals surface area contributed by atoms with Crippen molar-refractivity contribution in [3.8, 4) is 5.75 Å². The number of thioether (sulfide) groups is 1. The summed E-state index contributed by atoms with van der Waals surface area (Å²) in [6.07, 6.45) is 1.61. The van der Waals surface area contributed by atoms with Crippen LogP contribution in [0, 0.1) is 0 Å². The molecule has 0 spiro atoms. The largest absolute Gasteiger partial charge is 0.484 e. The Kier molecular flexibility index (Phi) is 6.94. The molecule has 0 radical (unpaired) electrons. The summed E-state index contributed by atoms with van der Waals surface area (Å²) in [6, 6.07) is 6.79. The molecule has 0 atom stereocenters. The molecule has 1 aliphatic rings. The van der Waals surface area contributed by atoms with E-state index in [1.54, 1.807) is 40.0 Å². The Morgan fingerprint density at radius 1 is 1.22 bits per heavy atom. The summed E-state index contributed by atoms with van der Waals surface area (Å²) in [4.78, 5) is 26.0. The van der Waals surface area contributed by atoms with Crippen LogP contribution >= 0.6 is 23.4 Å². The first kappa shape index (κ1) is 19.5. The lowest BCUT2D eigenvalue weighted by atomic mass is 10.3. The second-order valence-electron chi connectivity index (χ2n) is 5.86. The fourth-order valence-corrected chi connectivity index (χ4v) is 3.50. The Balaban J connectivity index is 1.38. The molecular formula is C17H20ClN5O3S. The van der Waals surface area contributed by atoms with Crippen LogP contribution in [0.1, 0.15) is 10.5 Å². The van der Waals surface area contributed by atoms with Crippen molar-refractivity contribution < 1.29 is 14.3 Å². The van der Waals surface area contributed by atoms with E-state index in [4.69, 9.17) is 16.3 Å². The molecule has 1 fully saturated rings. The molecule has 10 heteroatoms. The van der Waals surface area contributed by atoms with Gasteiger partial charge in [0.05, 0.1) is 12.7 Å². The van der Waals surface area contributed by atoms with E-state index in [1.165, 1.54) is 0 Å². The van der Waals surface area contributed by atoms with Gasteiger partial charge in [-0.05, 0) is 24.3 Å². The number of carbonyl (C=O) groups is 2. The van der Waals surface area contributed by atoms with E-state index in [-0.39, 0.29) is 18.4 Å². The lowest BCUT2D eigenvalue weighted by molar-refractivity contribution is -0.123. The Morgan fingerprint density at radius 3 is 2.70 bits per heavy atom. The molecule has 8 nitrogen and oxygen atoms in total. The van der Waals surface area contributed by atoms with Crippen LogP contribution in [0.4, 0.5) is 0 Å². The van der Waals surface area contributed by atoms with Crippen LogP contribution in [-0.2, 0) is 11.3 Å². The number of carbonyl (C=O) groups excluding carboxylic acids is 2.